The highest BCUT2D eigenvalue weighted by atomic mass is 79.9. The van der Waals surface area contributed by atoms with E-state index in [4.69, 9.17) is 9.47 Å². The number of aromatic nitrogens is 1. The second-order valence-corrected chi connectivity index (χ2v) is 10.8. The fourth-order valence-corrected chi connectivity index (χ4v) is 5.67. The SMILES string of the molecule is CCOC(=O)C1=C(O)/C(=C/c2cc(C)n(-c3cc(C)c(Br)c(C)c3)c2C)SC1=Nc1ccc(OCC)cc1. The summed E-state index contributed by atoms with van der Waals surface area (Å²) in [6.07, 6.45) is 1.90. The van der Waals surface area contributed by atoms with Gasteiger partial charge in [-0.25, -0.2) is 9.79 Å². The van der Waals surface area contributed by atoms with Gasteiger partial charge in [-0.2, -0.15) is 0 Å². The summed E-state index contributed by atoms with van der Waals surface area (Å²) in [6, 6.07) is 13.7. The van der Waals surface area contributed by atoms with Gasteiger partial charge in [0.2, 0.25) is 0 Å². The number of hydrogen-bond acceptors (Lipinski definition) is 6. The summed E-state index contributed by atoms with van der Waals surface area (Å²) in [5.74, 6) is 0.0155. The molecule has 8 heteroatoms. The van der Waals surface area contributed by atoms with Crippen molar-refractivity contribution in [3.63, 3.8) is 0 Å². The second kappa shape index (κ2) is 11.7. The minimum Gasteiger partial charge on any atom is -0.506 e. The fraction of sp³-hybridized carbons (Fsp3) is 0.267. The average Bonchev–Trinajstić information content (AvgIpc) is 3.33. The standard InChI is InChI=1S/C30H31BrN2O4S/c1-7-36-24-11-9-22(10-12-24)32-29-26(30(35)37-8-2)28(34)25(38-29)16-21-15-19(5)33(20(21)6)23-13-17(3)27(31)18(4)14-23/h9-16,34H,7-8H2,1-6H3/b25-16-,32-29?. The summed E-state index contributed by atoms with van der Waals surface area (Å²) >= 11 is 4.90. The number of aliphatic hydroxyl groups is 1. The largest absolute Gasteiger partial charge is 0.506 e. The molecule has 0 saturated heterocycles. The Kier molecular flexibility index (Phi) is 8.53. The number of aliphatic hydroxyl groups excluding tert-OH is 1. The first-order valence-electron chi connectivity index (χ1n) is 12.4. The molecule has 38 heavy (non-hydrogen) atoms. The topological polar surface area (TPSA) is 73.0 Å². The minimum absolute atomic E-state index is 0.0740. The first-order chi connectivity index (χ1) is 18.1. The van der Waals surface area contributed by atoms with Crippen molar-refractivity contribution in [3.8, 4) is 11.4 Å². The van der Waals surface area contributed by atoms with Crippen molar-refractivity contribution < 1.29 is 19.4 Å². The maximum atomic E-state index is 12.8. The van der Waals surface area contributed by atoms with Crippen LogP contribution in [0.1, 0.15) is 41.9 Å². The predicted molar refractivity (Wildman–Crippen MR) is 159 cm³/mol. The van der Waals surface area contributed by atoms with Crippen LogP contribution in [0.5, 0.6) is 5.75 Å². The number of aryl methyl sites for hydroxylation is 3. The molecule has 0 spiro atoms. The van der Waals surface area contributed by atoms with Gasteiger partial charge < -0.3 is 19.1 Å². The van der Waals surface area contributed by atoms with E-state index in [2.05, 4.69) is 64.5 Å². The van der Waals surface area contributed by atoms with Crippen LogP contribution in [-0.4, -0.2) is 33.9 Å². The van der Waals surface area contributed by atoms with Crippen molar-refractivity contribution in [2.45, 2.75) is 41.5 Å². The first-order valence-corrected chi connectivity index (χ1v) is 14.0. The average molecular weight is 596 g/mol. The molecular formula is C30H31BrN2O4S. The lowest BCUT2D eigenvalue weighted by atomic mass is 10.1. The van der Waals surface area contributed by atoms with Gasteiger partial charge in [0, 0.05) is 21.5 Å². The molecular weight excluding hydrogens is 564 g/mol. The van der Waals surface area contributed by atoms with E-state index in [1.54, 1.807) is 6.92 Å². The number of rotatable bonds is 7. The minimum atomic E-state index is -0.600. The quantitative estimate of drug-likeness (QED) is 0.280. The molecule has 3 aromatic rings. The van der Waals surface area contributed by atoms with Gasteiger partial charge in [-0.15, -0.1) is 0 Å². The summed E-state index contributed by atoms with van der Waals surface area (Å²) in [6.45, 7) is 12.7. The van der Waals surface area contributed by atoms with E-state index in [0.29, 0.717) is 22.2 Å². The molecule has 6 nitrogen and oxygen atoms in total. The lowest BCUT2D eigenvalue weighted by molar-refractivity contribution is -0.138. The number of esters is 1. The third-order valence-electron chi connectivity index (χ3n) is 6.18. The lowest BCUT2D eigenvalue weighted by Crippen LogP contribution is -2.12. The number of hydrogen-bond donors (Lipinski definition) is 1. The molecule has 2 aromatic carbocycles. The van der Waals surface area contributed by atoms with Gasteiger partial charge in [-0.1, -0.05) is 27.7 Å². The number of carbonyl (C=O) groups is 1. The first kappa shape index (κ1) is 27.8. The highest BCUT2D eigenvalue weighted by molar-refractivity contribution is 9.10. The number of aliphatic imine (C=N–C) groups is 1. The van der Waals surface area contributed by atoms with Gasteiger partial charge in [-0.3, -0.25) is 0 Å². The molecule has 0 saturated carbocycles. The fourth-order valence-electron chi connectivity index (χ4n) is 4.42. The zero-order valence-corrected chi connectivity index (χ0v) is 24.8. The summed E-state index contributed by atoms with van der Waals surface area (Å²) < 4.78 is 14.1. The molecule has 0 atom stereocenters. The van der Waals surface area contributed by atoms with Crippen LogP contribution in [-0.2, 0) is 9.53 Å². The number of benzene rings is 2. The van der Waals surface area contributed by atoms with Crippen LogP contribution in [0.2, 0.25) is 0 Å². The molecule has 1 N–H and O–H groups in total. The lowest BCUT2D eigenvalue weighted by Gasteiger charge is -2.13. The predicted octanol–water partition coefficient (Wildman–Crippen LogP) is 8.07. The highest BCUT2D eigenvalue weighted by Crippen LogP contribution is 2.41. The molecule has 0 fully saturated rings. The van der Waals surface area contributed by atoms with E-state index in [1.807, 2.05) is 44.2 Å². The third kappa shape index (κ3) is 5.61. The van der Waals surface area contributed by atoms with Crippen molar-refractivity contribution >= 4 is 50.5 Å². The summed E-state index contributed by atoms with van der Waals surface area (Å²) in [5, 5.41) is 11.5. The Balaban J connectivity index is 1.75. The number of carbonyl (C=O) groups excluding carboxylic acids is 1. The molecule has 4 rings (SSSR count). The van der Waals surface area contributed by atoms with E-state index < -0.39 is 5.97 Å². The summed E-state index contributed by atoms with van der Waals surface area (Å²) in [7, 11) is 0. The Morgan fingerprint density at radius 1 is 1.05 bits per heavy atom. The van der Waals surface area contributed by atoms with Crippen molar-refractivity contribution in [1.82, 2.24) is 4.57 Å². The summed E-state index contributed by atoms with van der Waals surface area (Å²) in [5.41, 5.74) is 7.15. The van der Waals surface area contributed by atoms with Crippen molar-refractivity contribution in [2.75, 3.05) is 13.2 Å². The van der Waals surface area contributed by atoms with Gasteiger partial charge in [-0.05, 0) is 107 Å². The summed E-state index contributed by atoms with van der Waals surface area (Å²) in [4.78, 5) is 18.0. The molecule has 2 heterocycles. The van der Waals surface area contributed by atoms with E-state index in [0.717, 1.165) is 44.0 Å². The van der Waals surface area contributed by atoms with Crippen LogP contribution in [0.4, 0.5) is 5.69 Å². The van der Waals surface area contributed by atoms with Crippen molar-refractivity contribution in [2.24, 2.45) is 4.99 Å². The number of nitrogens with zero attached hydrogens (tertiary/aromatic N) is 2. The van der Waals surface area contributed by atoms with E-state index in [-0.39, 0.29) is 17.9 Å². The van der Waals surface area contributed by atoms with E-state index >= 15 is 0 Å². The molecule has 1 aromatic heterocycles. The van der Waals surface area contributed by atoms with Crippen LogP contribution in [0.25, 0.3) is 11.8 Å². The maximum absolute atomic E-state index is 12.8. The Labute approximate surface area is 236 Å². The van der Waals surface area contributed by atoms with Crippen molar-refractivity contribution in [3.05, 3.63) is 91.3 Å². The normalized spacial score (nSPS) is 15.6. The molecule has 1 aliphatic rings. The number of ether oxygens (including phenoxy) is 2. The molecule has 0 unspecified atom stereocenters. The van der Waals surface area contributed by atoms with E-state index in [9.17, 15) is 9.90 Å². The molecule has 0 bridgehead atoms. The van der Waals surface area contributed by atoms with Crippen LogP contribution in [0.15, 0.2) is 68.2 Å². The van der Waals surface area contributed by atoms with Gasteiger partial charge in [0.15, 0.2) is 0 Å². The smallest absolute Gasteiger partial charge is 0.344 e. The molecule has 1 aliphatic heterocycles. The van der Waals surface area contributed by atoms with Gasteiger partial charge in [0.1, 0.15) is 22.1 Å². The Bertz CT molecular complexity index is 1460. The van der Waals surface area contributed by atoms with E-state index in [1.165, 1.54) is 11.8 Å². The van der Waals surface area contributed by atoms with Crippen LogP contribution < -0.4 is 4.74 Å². The van der Waals surface area contributed by atoms with Crippen LogP contribution in [0.3, 0.4) is 0 Å². The number of halogens is 1. The highest BCUT2D eigenvalue weighted by Gasteiger charge is 2.33. The molecule has 198 valence electrons. The monoisotopic (exact) mass is 594 g/mol. The zero-order valence-electron chi connectivity index (χ0n) is 22.4. The van der Waals surface area contributed by atoms with Gasteiger partial charge >= 0.3 is 5.97 Å². The van der Waals surface area contributed by atoms with Crippen LogP contribution >= 0.6 is 27.7 Å². The Hall–Kier alpha value is -3.23. The number of thioether (sulfide) groups is 1. The Morgan fingerprint density at radius 2 is 1.71 bits per heavy atom. The van der Waals surface area contributed by atoms with Crippen molar-refractivity contribution in [1.29, 1.82) is 0 Å². The molecule has 0 amide bonds. The van der Waals surface area contributed by atoms with Gasteiger partial charge in [0.25, 0.3) is 0 Å². The maximum Gasteiger partial charge on any atom is 0.344 e. The molecule has 0 aliphatic carbocycles. The zero-order chi connectivity index (χ0) is 27.6. The van der Waals surface area contributed by atoms with Crippen LogP contribution in [0, 0.1) is 27.7 Å². The third-order valence-corrected chi connectivity index (χ3v) is 8.46. The molecule has 0 radical (unpaired) electrons. The van der Waals surface area contributed by atoms with Gasteiger partial charge in [0.05, 0.1) is 23.8 Å². The second-order valence-electron chi connectivity index (χ2n) is 8.95. The Morgan fingerprint density at radius 3 is 2.32 bits per heavy atom.